The maximum Gasteiger partial charge on any atom is 0.355 e. The molecule has 1 aromatic carbocycles. The topological polar surface area (TPSA) is 127 Å². The number of benzene rings is 1. The van der Waals surface area contributed by atoms with Crippen molar-refractivity contribution >= 4 is 29.4 Å². The van der Waals surface area contributed by atoms with E-state index in [1.807, 2.05) is 0 Å². The van der Waals surface area contributed by atoms with Crippen molar-refractivity contribution in [2.75, 3.05) is 25.6 Å². The average molecular weight is 401 g/mol. The smallest absolute Gasteiger partial charge is 0.355 e. The number of rotatable bonds is 7. The molecule has 0 aliphatic heterocycles. The van der Waals surface area contributed by atoms with Gasteiger partial charge in [0.1, 0.15) is 5.69 Å². The Morgan fingerprint density at radius 1 is 1.00 bits per heavy atom. The predicted octanol–water partition coefficient (Wildman–Crippen LogP) is 1.96. The van der Waals surface area contributed by atoms with E-state index >= 15 is 0 Å². The number of carbonyl (C=O) groups excluding carboxylic acids is 4. The SMILES string of the molecule is CCOC(=O)c1c(C)[nH]c(C(=O)OCC(=O)Nc2ccc(C(=O)NC)cc2)c1C. The first kappa shape index (κ1) is 21.7. The Bertz CT molecular complexity index is 930. The third-order valence-electron chi connectivity index (χ3n) is 4.11. The van der Waals surface area contributed by atoms with Gasteiger partial charge in [0.15, 0.2) is 6.61 Å². The fourth-order valence-electron chi connectivity index (χ4n) is 2.71. The number of hydrogen-bond donors (Lipinski definition) is 3. The maximum atomic E-state index is 12.3. The van der Waals surface area contributed by atoms with Crippen LogP contribution in [0.15, 0.2) is 24.3 Å². The third-order valence-corrected chi connectivity index (χ3v) is 4.11. The van der Waals surface area contributed by atoms with Gasteiger partial charge in [0, 0.05) is 24.0 Å². The number of hydrogen-bond acceptors (Lipinski definition) is 6. The van der Waals surface area contributed by atoms with Crippen LogP contribution in [0.25, 0.3) is 0 Å². The molecule has 0 aliphatic rings. The fraction of sp³-hybridized carbons (Fsp3) is 0.300. The zero-order chi connectivity index (χ0) is 21.6. The molecule has 0 fully saturated rings. The molecule has 2 amide bonds. The lowest BCUT2D eigenvalue weighted by Crippen LogP contribution is -2.21. The Balaban J connectivity index is 1.97. The summed E-state index contributed by atoms with van der Waals surface area (Å²) >= 11 is 0. The number of carbonyl (C=O) groups is 4. The minimum atomic E-state index is -0.758. The second-order valence-electron chi connectivity index (χ2n) is 6.13. The van der Waals surface area contributed by atoms with Gasteiger partial charge in [-0.25, -0.2) is 9.59 Å². The van der Waals surface area contributed by atoms with E-state index in [9.17, 15) is 19.2 Å². The molecule has 9 nitrogen and oxygen atoms in total. The minimum Gasteiger partial charge on any atom is -0.462 e. The maximum absolute atomic E-state index is 12.3. The second-order valence-corrected chi connectivity index (χ2v) is 6.13. The van der Waals surface area contributed by atoms with Gasteiger partial charge < -0.3 is 25.1 Å². The van der Waals surface area contributed by atoms with Crippen LogP contribution in [0.2, 0.25) is 0 Å². The zero-order valence-electron chi connectivity index (χ0n) is 16.7. The van der Waals surface area contributed by atoms with Gasteiger partial charge in [-0.15, -0.1) is 0 Å². The van der Waals surface area contributed by atoms with E-state index in [1.54, 1.807) is 45.0 Å². The summed E-state index contributed by atoms with van der Waals surface area (Å²) < 4.78 is 10.0. The molecule has 0 saturated heterocycles. The van der Waals surface area contributed by atoms with E-state index in [-0.39, 0.29) is 23.8 Å². The highest BCUT2D eigenvalue weighted by atomic mass is 16.5. The van der Waals surface area contributed by atoms with Gasteiger partial charge in [-0.2, -0.15) is 0 Å². The van der Waals surface area contributed by atoms with Crippen molar-refractivity contribution in [3.63, 3.8) is 0 Å². The van der Waals surface area contributed by atoms with Gasteiger partial charge in [-0.3, -0.25) is 9.59 Å². The highest BCUT2D eigenvalue weighted by Crippen LogP contribution is 2.20. The lowest BCUT2D eigenvalue weighted by atomic mass is 10.1. The van der Waals surface area contributed by atoms with Gasteiger partial charge >= 0.3 is 11.9 Å². The van der Waals surface area contributed by atoms with Gasteiger partial charge in [-0.05, 0) is 50.6 Å². The average Bonchev–Trinajstić information content (AvgIpc) is 3.00. The number of aryl methyl sites for hydroxylation is 1. The Labute approximate surface area is 167 Å². The molecule has 154 valence electrons. The molecular weight excluding hydrogens is 378 g/mol. The Hall–Kier alpha value is -3.62. The van der Waals surface area contributed by atoms with Gasteiger partial charge in [0.2, 0.25) is 0 Å². The molecule has 0 spiro atoms. The lowest BCUT2D eigenvalue weighted by Gasteiger charge is -2.07. The first-order valence-corrected chi connectivity index (χ1v) is 8.93. The van der Waals surface area contributed by atoms with Gasteiger partial charge in [0.25, 0.3) is 11.8 Å². The standard InChI is InChI=1S/C20H23N3O6/c1-5-28-19(26)16-11(2)17(22-12(16)3)20(27)29-10-15(24)23-14-8-6-13(7-9-14)18(25)21-4/h6-9,22H,5,10H2,1-4H3,(H,21,25)(H,23,24). The van der Waals surface area contributed by atoms with Crippen molar-refractivity contribution in [1.29, 1.82) is 0 Å². The number of esters is 2. The van der Waals surface area contributed by atoms with Crippen molar-refractivity contribution < 1.29 is 28.7 Å². The summed E-state index contributed by atoms with van der Waals surface area (Å²) in [5, 5.41) is 5.07. The predicted molar refractivity (Wildman–Crippen MR) is 105 cm³/mol. The fourth-order valence-corrected chi connectivity index (χ4v) is 2.71. The Morgan fingerprint density at radius 3 is 2.24 bits per heavy atom. The van der Waals surface area contributed by atoms with Crippen LogP contribution in [0.4, 0.5) is 5.69 Å². The largest absolute Gasteiger partial charge is 0.462 e. The first-order valence-electron chi connectivity index (χ1n) is 8.93. The number of nitrogens with one attached hydrogen (secondary N) is 3. The van der Waals surface area contributed by atoms with Crippen molar-refractivity contribution in [3.8, 4) is 0 Å². The first-order chi connectivity index (χ1) is 13.8. The van der Waals surface area contributed by atoms with E-state index in [1.165, 1.54) is 7.05 Å². The molecule has 2 aromatic rings. The number of anilines is 1. The molecule has 29 heavy (non-hydrogen) atoms. The molecule has 0 unspecified atom stereocenters. The number of ether oxygens (including phenoxy) is 2. The number of aromatic amines is 1. The molecule has 0 aliphatic carbocycles. The normalized spacial score (nSPS) is 10.2. The van der Waals surface area contributed by atoms with Crippen molar-refractivity contribution in [2.45, 2.75) is 20.8 Å². The van der Waals surface area contributed by atoms with Crippen LogP contribution in [-0.4, -0.2) is 49.0 Å². The van der Waals surface area contributed by atoms with E-state index in [4.69, 9.17) is 9.47 Å². The summed E-state index contributed by atoms with van der Waals surface area (Å²) in [6.45, 7) is 4.63. The molecule has 0 radical (unpaired) electrons. The molecule has 0 atom stereocenters. The third kappa shape index (κ3) is 5.22. The van der Waals surface area contributed by atoms with Gasteiger partial charge in [0.05, 0.1) is 12.2 Å². The van der Waals surface area contributed by atoms with Crippen LogP contribution in [-0.2, 0) is 14.3 Å². The molecule has 9 heteroatoms. The van der Waals surface area contributed by atoms with E-state index in [0.717, 1.165) is 0 Å². The summed E-state index contributed by atoms with van der Waals surface area (Å²) in [4.78, 5) is 50.6. The Morgan fingerprint density at radius 2 is 1.66 bits per heavy atom. The number of aromatic nitrogens is 1. The number of amides is 2. The van der Waals surface area contributed by atoms with E-state index in [2.05, 4.69) is 15.6 Å². The van der Waals surface area contributed by atoms with E-state index in [0.29, 0.717) is 22.5 Å². The summed E-state index contributed by atoms with van der Waals surface area (Å²) in [5.74, 6) is -2.07. The van der Waals surface area contributed by atoms with Crippen molar-refractivity contribution in [2.24, 2.45) is 0 Å². The van der Waals surface area contributed by atoms with Crippen molar-refractivity contribution in [1.82, 2.24) is 10.3 Å². The van der Waals surface area contributed by atoms with Crippen LogP contribution in [0.1, 0.15) is 49.4 Å². The zero-order valence-corrected chi connectivity index (χ0v) is 16.7. The van der Waals surface area contributed by atoms with Crippen LogP contribution >= 0.6 is 0 Å². The summed E-state index contributed by atoms with van der Waals surface area (Å²) in [6, 6.07) is 6.24. The van der Waals surface area contributed by atoms with Crippen LogP contribution < -0.4 is 10.6 Å². The van der Waals surface area contributed by atoms with Crippen LogP contribution in [0, 0.1) is 13.8 Å². The molecule has 1 aromatic heterocycles. The molecule has 0 saturated carbocycles. The number of H-pyrrole nitrogens is 1. The molecular formula is C20H23N3O6. The summed E-state index contributed by atoms with van der Waals surface area (Å²) in [5.41, 5.74) is 2.15. The minimum absolute atomic E-state index is 0.0910. The molecule has 1 heterocycles. The second kappa shape index (κ2) is 9.54. The van der Waals surface area contributed by atoms with Crippen LogP contribution in [0.3, 0.4) is 0 Å². The quantitative estimate of drug-likeness (QED) is 0.609. The van der Waals surface area contributed by atoms with Crippen LogP contribution in [0.5, 0.6) is 0 Å². The monoisotopic (exact) mass is 401 g/mol. The summed E-state index contributed by atoms with van der Waals surface area (Å²) in [6.07, 6.45) is 0. The van der Waals surface area contributed by atoms with Crippen molar-refractivity contribution in [3.05, 3.63) is 52.3 Å². The summed E-state index contributed by atoms with van der Waals surface area (Å²) in [7, 11) is 1.52. The molecule has 3 N–H and O–H groups in total. The lowest BCUT2D eigenvalue weighted by molar-refractivity contribution is -0.119. The molecule has 2 rings (SSSR count). The van der Waals surface area contributed by atoms with E-state index < -0.39 is 24.5 Å². The molecule has 0 bridgehead atoms. The highest BCUT2D eigenvalue weighted by Gasteiger charge is 2.24. The highest BCUT2D eigenvalue weighted by molar-refractivity contribution is 6.00. The van der Waals surface area contributed by atoms with Gasteiger partial charge in [-0.1, -0.05) is 0 Å². The Kier molecular flexibility index (Phi) is 7.13.